The molecule has 0 saturated heterocycles. The third kappa shape index (κ3) is 2.82. The Kier molecular flexibility index (Phi) is 3.65. The van der Waals surface area contributed by atoms with Gasteiger partial charge in [-0.15, -0.1) is 0 Å². The van der Waals surface area contributed by atoms with E-state index in [1.807, 2.05) is 0 Å². The van der Waals surface area contributed by atoms with Gasteiger partial charge in [0.15, 0.2) is 11.5 Å². The van der Waals surface area contributed by atoms with Gasteiger partial charge in [-0.25, -0.2) is 4.79 Å². The van der Waals surface area contributed by atoms with Crippen molar-refractivity contribution in [2.45, 2.75) is 6.92 Å². The molecule has 2 rings (SSSR count). The van der Waals surface area contributed by atoms with Gasteiger partial charge in [-0.3, -0.25) is 10.1 Å². The third-order valence-corrected chi connectivity index (χ3v) is 2.38. The van der Waals surface area contributed by atoms with Crippen LogP contribution in [0, 0.1) is 10.1 Å². The van der Waals surface area contributed by atoms with E-state index < -0.39 is 16.6 Å². The molecule has 0 spiro atoms. The summed E-state index contributed by atoms with van der Waals surface area (Å²) in [6, 6.07) is 4.78. The molecule has 0 N–H and O–H groups in total. The van der Waals surface area contributed by atoms with E-state index in [9.17, 15) is 14.9 Å². The third-order valence-electron chi connectivity index (χ3n) is 2.38. The lowest BCUT2D eigenvalue weighted by molar-refractivity contribution is -0.419. The van der Waals surface area contributed by atoms with Gasteiger partial charge in [-0.2, -0.15) is 0 Å². The fourth-order valence-electron chi connectivity index (χ4n) is 1.55. The summed E-state index contributed by atoms with van der Waals surface area (Å²) < 4.78 is 14.9. The average molecular weight is 265 g/mol. The van der Waals surface area contributed by atoms with E-state index in [4.69, 9.17) is 9.47 Å². The van der Waals surface area contributed by atoms with E-state index in [1.165, 1.54) is 0 Å². The molecule has 1 aliphatic heterocycles. The molecule has 7 heteroatoms. The van der Waals surface area contributed by atoms with Gasteiger partial charge in [0.2, 0.25) is 6.79 Å². The van der Waals surface area contributed by atoms with Gasteiger partial charge in [0, 0.05) is 6.08 Å². The molecule has 0 atom stereocenters. The maximum atomic E-state index is 11.4. The quantitative estimate of drug-likeness (QED) is 0.355. The fraction of sp³-hybridized carbons (Fsp3) is 0.250. The summed E-state index contributed by atoms with van der Waals surface area (Å²) in [5.74, 6) is 0.0846. The van der Waals surface area contributed by atoms with Crippen LogP contribution in [0.1, 0.15) is 12.5 Å². The van der Waals surface area contributed by atoms with Gasteiger partial charge in [-0.1, -0.05) is 6.07 Å². The Morgan fingerprint density at radius 1 is 1.47 bits per heavy atom. The van der Waals surface area contributed by atoms with Crippen LogP contribution in [-0.4, -0.2) is 24.3 Å². The number of ether oxygens (including phenoxy) is 3. The molecule has 0 radical (unpaired) electrons. The van der Waals surface area contributed by atoms with Crippen molar-refractivity contribution in [1.82, 2.24) is 0 Å². The van der Waals surface area contributed by atoms with Crippen LogP contribution < -0.4 is 9.47 Å². The van der Waals surface area contributed by atoms with E-state index in [2.05, 4.69) is 4.74 Å². The molecule has 1 aliphatic rings. The topological polar surface area (TPSA) is 87.9 Å². The predicted octanol–water partition coefficient (Wildman–Crippen LogP) is 1.60. The minimum Gasteiger partial charge on any atom is -0.458 e. The lowest BCUT2D eigenvalue weighted by Gasteiger charge is -2.00. The lowest BCUT2D eigenvalue weighted by Crippen LogP contribution is -2.14. The number of benzene rings is 1. The van der Waals surface area contributed by atoms with Crippen molar-refractivity contribution < 1.29 is 23.9 Å². The molecule has 19 heavy (non-hydrogen) atoms. The molecule has 0 bridgehead atoms. The second kappa shape index (κ2) is 5.38. The molecule has 0 aliphatic carbocycles. The van der Waals surface area contributed by atoms with Gasteiger partial charge in [0.25, 0.3) is 0 Å². The number of rotatable bonds is 4. The molecule has 1 heterocycles. The summed E-state index contributed by atoms with van der Waals surface area (Å²) in [6.45, 7) is 1.77. The maximum Gasteiger partial charge on any atom is 0.409 e. The molecule has 0 saturated carbocycles. The van der Waals surface area contributed by atoms with Crippen LogP contribution in [-0.2, 0) is 9.53 Å². The van der Waals surface area contributed by atoms with E-state index in [0.29, 0.717) is 17.1 Å². The van der Waals surface area contributed by atoms with Crippen molar-refractivity contribution in [2.24, 2.45) is 0 Å². The number of nitrogens with zero attached hydrogens (tertiary/aromatic N) is 1. The second-order valence-electron chi connectivity index (χ2n) is 3.62. The van der Waals surface area contributed by atoms with Gasteiger partial charge < -0.3 is 14.2 Å². The largest absolute Gasteiger partial charge is 0.458 e. The van der Waals surface area contributed by atoms with E-state index >= 15 is 0 Å². The zero-order chi connectivity index (χ0) is 13.8. The van der Waals surface area contributed by atoms with E-state index in [0.717, 1.165) is 6.08 Å². The summed E-state index contributed by atoms with van der Waals surface area (Å²) in [6.07, 6.45) is 1.14. The highest BCUT2D eigenvalue weighted by molar-refractivity contribution is 5.91. The van der Waals surface area contributed by atoms with Crippen LogP contribution >= 0.6 is 0 Å². The molecule has 7 nitrogen and oxygen atoms in total. The number of nitro groups is 1. The highest BCUT2D eigenvalue weighted by Gasteiger charge is 2.23. The second-order valence-corrected chi connectivity index (χ2v) is 3.62. The van der Waals surface area contributed by atoms with Gasteiger partial charge in [0.1, 0.15) is 0 Å². The van der Waals surface area contributed by atoms with Crippen molar-refractivity contribution in [3.8, 4) is 11.5 Å². The lowest BCUT2D eigenvalue weighted by atomic mass is 10.1. The predicted molar refractivity (Wildman–Crippen MR) is 64.2 cm³/mol. The smallest absolute Gasteiger partial charge is 0.409 e. The molecule has 0 aromatic heterocycles. The van der Waals surface area contributed by atoms with E-state index in [1.54, 1.807) is 25.1 Å². The Balaban J connectivity index is 2.31. The molecule has 0 unspecified atom stereocenters. The number of esters is 1. The molecule has 1 aromatic carbocycles. The highest BCUT2D eigenvalue weighted by atomic mass is 16.7. The number of carbonyl (C=O) groups excluding carboxylic acids is 1. The molecule has 0 amide bonds. The first kappa shape index (κ1) is 12.9. The zero-order valence-electron chi connectivity index (χ0n) is 10.1. The first-order valence-corrected chi connectivity index (χ1v) is 5.54. The average Bonchev–Trinajstić information content (AvgIpc) is 2.83. The van der Waals surface area contributed by atoms with Gasteiger partial charge in [0.05, 0.1) is 11.5 Å². The van der Waals surface area contributed by atoms with Crippen molar-refractivity contribution in [3.63, 3.8) is 0 Å². The number of fused-ring (bicyclic) bond motifs is 1. The monoisotopic (exact) mass is 265 g/mol. The molecule has 1 aromatic rings. The Morgan fingerprint density at radius 2 is 2.21 bits per heavy atom. The summed E-state index contributed by atoms with van der Waals surface area (Å²) in [5, 5.41) is 10.8. The SMILES string of the molecule is CCOC(=O)/C(=C\c1ccc2c(c1)OCO2)[N+](=O)[O-]. The number of carbonyl (C=O) groups is 1. The van der Waals surface area contributed by atoms with Crippen LogP contribution in [0.3, 0.4) is 0 Å². The first-order chi connectivity index (χ1) is 9.11. The summed E-state index contributed by atoms with van der Waals surface area (Å²) in [5.41, 5.74) is -0.162. The van der Waals surface area contributed by atoms with Crippen LogP contribution in [0.2, 0.25) is 0 Å². The van der Waals surface area contributed by atoms with Crippen molar-refractivity contribution in [3.05, 3.63) is 39.6 Å². The minimum atomic E-state index is -0.967. The van der Waals surface area contributed by atoms with Crippen LogP contribution in [0.5, 0.6) is 11.5 Å². The highest BCUT2D eigenvalue weighted by Crippen LogP contribution is 2.33. The molecule has 0 fully saturated rings. The maximum absolute atomic E-state index is 11.4. The standard InChI is InChI=1S/C12H11NO6/c1-2-17-12(14)9(13(15)16)5-8-3-4-10-11(6-8)19-7-18-10/h3-6H,2,7H2,1H3/b9-5+. The summed E-state index contributed by atoms with van der Waals surface area (Å²) >= 11 is 0. The van der Waals surface area contributed by atoms with Gasteiger partial charge >= 0.3 is 11.7 Å². The zero-order valence-corrected chi connectivity index (χ0v) is 10.1. The van der Waals surface area contributed by atoms with Crippen molar-refractivity contribution >= 4 is 12.0 Å². The molecule has 100 valence electrons. The minimum absolute atomic E-state index is 0.0746. The molecular formula is C12H11NO6. The Labute approximate surface area is 108 Å². The molecular weight excluding hydrogens is 254 g/mol. The van der Waals surface area contributed by atoms with Crippen LogP contribution in [0.4, 0.5) is 0 Å². The number of hydrogen-bond donors (Lipinski definition) is 0. The fourth-order valence-corrected chi connectivity index (χ4v) is 1.55. The normalized spacial score (nSPS) is 13.2. The van der Waals surface area contributed by atoms with Crippen LogP contribution in [0.25, 0.3) is 6.08 Å². The van der Waals surface area contributed by atoms with Crippen molar-refractivity contribution in [1.29, 1.82) is 0 Å². The summed E-state index contributed by atoms with van der Waals surface area (Å²) in [4.78, 5) is 21.5. The Hall–Kier alpha value is -2.57. The van der Waals surface area contributed by atoms with Gasteiger partial charge in [-0.05, 0) is 24.6 Å². The van der Waals surface area contributed by atoms with Crippen molar-refractivity contribution in [2.75, 3.05) is 13.4 Å². The first-order valence-electron chi connectivity index (χ1n) is 5.54. The number of hydrogen-bond acceptors (Lipinski definition) is 6. The van der Waals surface area contributed by atoms with Crippen LogP contribution in [0.15, 0.2) is 23.9 Å². The Bertz CT molecular complexity index is 551. The Morgan fingerprint density at radius 3 is 2.89 bits per heavy atom. The summed E-state index contributed by atoms with van der Waals surface area (Å²) in [7, 11) is 0. The van der Waals surface area contributed by atoms with E-state index in [-0.39, 0.29) is 13.4 Å².